The monoisotopic (exact) mass is 513 g/mol. The van der Waals surface area contributed by atoms with E-state index in [9.17, 15) is 14.4 Å². The van der Waals surface area contributed by atoms with E-state index in [0.29, 0.717) is 21.7 Å². The number of halogens is 1. The van der Waals surface area contributed by atoms with E-state index >= 15 is 0 Å². The number of aromatic nitrogens is 1. The molecule has 186 valence electrons. The first-order valence-electron chi connectivity index (χ1n) is 11.5. The highest BCUT2D eigenvalue weighted by Gasteiger charge is 2.30. The predicted molar refractivity (Wildman–Crippen MR) is 143 cm³/mol. The van der Waals surface area contributed by atoms with Crippen LogP contribution in [0.1, 0.15) is 37.5 Å². The van der Waals surface area contributed by atoms with Gasteiger partial charge >= 0.3 is 11.9 Å². The Hall–Kier alpha value is -4.29. The van der Waals surface area contributed by atoms with Gasteiger partial charge in [-0.1, -0.05) is 66.2 Å². The molecule has 0 amide bonds. The van der Waals surface area contributed by atoms with Crippen LogP contribution in [0.15, 0.2) is 78.9 Å². The van der Waals surface area contributed by atoms with Gasteiger partial charge in [0.2, 0.25) is 0 Å². The predicted octanol–water partition coefficient (Wildman–Crippen LogP) is 6.06. The minimum atomic E-state index is -1.12. The van der Waals surface area contributed by atoms with Crippen molar-refractivity contribution >= 4 is 52.4 Å². The molecule has 1 aromatic heterocycles. The lowest BCUT2D eigenvalue weighted by atomic mass is 9.89. The van der Waals surface area contributed by atoms with Crippen LogP contribution in [-0.4, -0.2) is 36.9 Å². The zero-order chi connectivity index (χ0) is 26.4. The zero-order valence-electron chi connectivity index (χ0n) is 20.3. The normalized spacial score (nSPS) is 11.9. The number of hydrogen-bond donors (Lipinski definition) is 0. The molecule has 0 aliphatic heterocycles. The van der Waals surface area contributed by atoms with Gasteiger partial charge in [-0.2, -0.15) is 0 Å². The summed E-state index contributed by atoms with van der Waals surface area (Å²) in [7, 11) is 2.52. The van der Waals surface area contributed by atoms with Crippen molar-refractivity contribution in [2.45, 2.75) is 6.42 Å². The van der Waals surface area contributed by atoms with Gasteiger partial charge in [-0.25, -0.2) is 9.78 Å². The molecule has 0 aliphatic carbocycles. The quantitative estimate of drug-likeness (QED) is 0.162. The lowest BCUT2D eigenvalue weighted by Gasteiger charge is -2.16. The molecule has 7 heteroatoms. The summed E-state index contributed by atoms with van der Waals surface area (Å²) in [5.41, 5.74) is 3.46. The Kier molecular flexibility index (Phi) is 8.11. The summed E-state index contributed by atoms with van der Waals surface area (Å²) in [6.45, 7) is 0. The van der Waals surface area contributed by atoms with Crippen molar-refractivity contribution in [3.8, 4) is 0 Å². The van der Waals surface area contributed by atoms with Crippen molar-refractivity contribution in [3.05, 3.63) is 112 Å². The first-order chi connectivity index (χ1) is 17.9. The number of fused-ring (bicyclic) bond motifs is 1. The minimum absolute atomic E-state index is 0.000413. The minimum Gasteiger partial charge on any atom is -0.468 e. The fourth-order valence-electron chi connectivity index (χ4n) is 4.03. The number of hydrogen-bond acceptors (Lipinski definition) is 6. The van der Waals surface area contributed by atoms with Gasteiger partial charge in [0.05, 0.1) is 31.0 Å². The maximum absolute atomic E-state index is 13.4. The fourth-order valence-corrected chi connectivity index (χ4v) is 4.20. The Labute approximate surface area is 219 Å². The number of ketones is 1. The van der Waals surface area contributed by atoms with Crippen LogP contribution in [0.25, 0.3) is 23.1 Å². The van der Waals surface area contributed by atoms with E-state index in [1.54, 1.807) is 48.5 Å². The SMILES string of the molecule is COC(=O)c1ccccc1CC(C(=O)OC)C(=O)c1cccc(C=Cc2ccc3ccc(Cl)cc3n2)c1. The van der Waals surface area contributed by atoms with E-state index in [1.807, 2.05) is 42.5 Å². The van der Waals surface area contributed by atoms with Gasteiger partial charge in [0.25, 0.3) is 0 Å². The van der Waals surface area contributed by atoms with Crippen LogP contribution in [0, 0.1) is 5.92 Å². The molecule has 0 aliphatic rings. The maximum Gasteiger partial charge on any atom is 0.338 e. The first-order valence-corrected chi connectivity index (χ1v) is 11.9. The van der Waals surface area contributed by atoms with Crippen molar-refractivity contribution in [3.63, 3.8) is 0 Å². The first kappa shape index (κ1) is 25.8. The van der Waals surface area contributed by atoms with Crippen molar-refractivity contribution in [2.24, 2.45) is 5.92 Å². The molecule has 4 aromatic rings. The van der Waals surface area contributed by atoms with E-state index in [4.69, 9.17) is 21.1 Å². The highest BCUT2D eigenvalue weighted by atomic mass is 35.5. The molecule has 3 aromatic carbocycles. The summed E-state index contributed by atoms with van der Waals surface area (Å²) < 4.78 is 9.77. The van der Waals surface area contributed by atoms with Gasteiger partial charge in [0.1, 0.15) is 5.92 Å². The number of methoxy groups -OCH3 is 2. The second-order valence-corrected chi connectivity index (χ2v) is 8.76. The number of esters is 2. The molecule has 0 saturated carbocycles. The largest absolute Gasteiger partial charge is 0.468 e. The van der Waals surface area contributed by atoms with Crippen LogP contribution in [0.5, 0.6) is 0 Å². The topological polar surface area (TPSA) is 82.6 Å². The Morgan fingerprint density at radius 2 is 1.68 bits per heavy atom. The zero-order valence-corrected chi connectivity index (χ0v) is 21.1. The number of carbonyl (C=O) groups excluding carboxylic acids is 3. The number of pyridine rings is 1. The van der Waals surface area contributed by atoms with Gasteiger partial charge in [-0.05, 0) is 54.0 Å². The van der Waals surface area contributed by atoms with Crippen LogP contribution in [-0.2, 0) is 20.7 Å². The summed E-state index contributed by atoms with van der Waals surface area (Å²) in [5, 5.41) is 1.60. The highest BCUT2D eigenvalue weighted by Crippen LogP contribution is 2.22. The van der Waals surface area contributed by atoms with Crippen molar-refractivity contribution in [1.29, 1.82) is 0 Å². The van der Waals surface area contributed by atoms with E-state index < -0.39 is 23.6 Å². The van der Waals surface area contributed by atoms with Crippen LogP contribution in [0.2, 0.25) is 5.02 Å². The van der Waals surface area contributed by atoms with Crippen LogP contribution in [0.4, 0.5) is 0 Å². The average Bonchev–Trinajstić information content (AvgIpc) is 2.93. The highest BCUT2D eigenvalue weighted by molar-refractivity contribution is 6.31. The molecule has 4 rings (SSSR count). The van der Waals surface area contributed by atoms with Gasteiger partial charge in [-0.3, -0.25) is 9.59 Å². The van der Waals surface area contributed by atoms with Gasteiger partial charge in [-0.15, -0.1) is 0 Å². The fraction of sp³-hybridized carbons (Fsp3) is 0.133. The Morgan fingerprint density at radius 3 is 2.46 bits per heavy atom. The lowest BCUT2D eigenvalue weighted by Crippen LogP contribution is -2.28. The standard InChI is InChI=1S/C30H24ClNO5/c1-36-29(34)25-9-4-3-7-21(25)17-26(30(35)37-2)28(33)22-8-5-6-19(16-22)10-14-24-15-12-20-11-13-23(31)18-27(20)32-24/h3-16,18,26H,17H2,1-2H3. The Balaban J connectivity index is 1.59. The van der Waals surface area contributed by atoms with Crippen LogP contribution in [0.3, 0.4) is 0 Å². The van der Waals surface area contributed by atoms with E-state index in [2.05, 4.69) is 4.98 Å². The summed E-state index contributed by atoms with van der Waals surface area (Å²) in [5.74, 6) is -2.74. The number of carbonyl (C=O) groups is 3. The van der Waals surface area contributed by atoms with Crippen LogP contribution >= 0.6 is 11.6 Å². The Morgan fingerprint density at radius 1 is 0.892 bits per heavy atom. The van der Waals surface area contributed by atoms with Crippen molar-refractivity contribution in [1.82, 2.24) is 4.98 Å². The molecular weight excluding hydrogens is 490 g/mol. The van der Waals surface area contributed by atoms with Gasteiger partial charge in [0.15, 0.2) is 5.78 Å². The molecule has 37 heavy (non-hydrogen) atoms. The number of Topliss-reactive ketones (excluding diaryl/α,β-unsaturated/α-hetero) is 1. The van der Waals surface area contributed by atoms with E-state index in [1.165, 1.54) is 14.2 Å². The Bertz CT molecular complexity index is 1510. The summed E-state index contributed by atoms with van der Waals surface area (Å²) >= 11 is 6.09. The second-order valence-electron chi connectivity index (χ2n) is 8.32. The van der Waals surface area contributed by atoms with Crippen molar-refractivity contribution < 1.29 is 23.9 Å². The molecule has 1 heterocycles. The summed E-state index contributed by atoms with van der Waals surface area (Å²) in [6.07, 6.45) is 3.68. The third-order valence-electron chi connectivity index (χ3n) is 5.94. The molecule has 0 spiro atoms. The van der Waals surface area contributed by atoms with Gasteiger partial charge in [0, 0.05) is 16.0 Å². The molecule has 0 fully saturated rings. The van der Waals surface area contributed by atoms with E-state index in [-0.39, 0.29) is 6.42 Å². The third-order valence-corrected chi connectivity index (χ3v) is 6.18. The molecule has 0 bridgehead atoms. The second kappa shape index (κ2) is 11.6. The number of ether oxygens (including phenoxy) is 2. The lowest BCUT2D eigenvalue weighted by molar-refractivity contribution is -0.143. The molecule has 0 saturated heterocycles. The molecule has 6 nitrogen and oxygen atoms in total. The summed E-state index contributed by atoms with van der Waals surface area (Å²) in [4.78, 5) is 42.8. The van der Waals surface area contributed by atoms with Gasteiger partial charge < -0.3 is 9.47 Å². The third kappa shape index (κ3) is 6.11. The average molecular weight is 514 g/mol. The van der Waals surface area contributed by atoms with Crippen LogP contribution < -0.4 is 0 Å². The number of nitrogens with zero attached hydrogens (tertiary/aromatic N) is 1. The van der Waals surface area contributed by atoms with Crippen molar-refractivity contribution in [2.75, 3.05) is 14.2 Å². The molecule has 0 radical (unpaired) electrons. The number of rotatable bonds is 8. The molecule has 1 atom stereocenters. The molecular formula is C30H24ClNO5. The summed E-state index contributed by atoms with van der Waals surface area (Å²) in [6, 6.07) is 23.1. The smallest absolute Gasteiger partial charge is 0.338 e. The van der Waals surface area contributed by atoms with E-state index in [0.717, 1.165) is 22.2 Å². The maximum atomic E-state index is 13.4. The molecule has 1 unspecified atom stereocenters. The number of benzene rings is 3. The molecule has 0 N–H and O–H groups in total.